The van der Waals surface area contributed by atoms with Crippen LogP contribution in [0.4, 0.5) is 0 Å². The smallest absolute Gasteiger partial charge is 0.237 e. The van der Waals surface area contributed by atoms with Crippen LogP contribution in [-0.4, -0.2) is 35.5 Å². The van der Waals surface area contributed by atoms with Gasteiger partial charge in [0.15, 0.2) is 0 Å². The van der Waals surface area contributed by atoms with Crippen LogP contribution >= 0.6 is 0 Å². The summed E-state index contributed by atoms with van der Waals surface area (Å²) >= 11 is 0. The van der Waals surface area contributed by atoms with Crippen molar-refractivity contribution in [2.45, 2.75) is 64.0 Å². The molecule has 4 N–H and O–H groups in total. The third-order valence-electron chi connectivity index (χ3n) is 4.70. The van der Waals surface area contributed by atoms with Gasteiger partial charge in [-0.25, -0.2) is 0 Å². The molecule has 1 saturated carbocycles. The van der Waals surface area contributed by atoms with Crippen LogP contribution in [0.15, 0.2) is 0 Å². The Morgan fingerprint density at radius 1 is 1.28 bits per heavy atom. The molecule has 0 aromatic rings. The Balaban J connectivity index is 2.03. The minimum Gasteiger partial charge on any atom is -0.368 e. The Bertz CT molecular complexity index is 329. The van der Waals surface area contributed by atoms with Gasteiger partial charge in [0.1, 0.15) is 0 Å². The number of nitrogens with two attached hydrogens (primary N) is 2. The van der Waals surface area contributed by atoms with E-state index in [0.29, 0.717) is 11.5 Å². The first kappa shape index (κ1) is 13.8. The molecule has 1 aliphatic carbocycles. The molecule has 2 unspecified atom stereocenters. The van der Waals surface area contributed by atoms with E-state index < -0.39 is 5.54 Å². The highest BCUT2D eigenvalue weighted by Gasteiger charge is 2.41. The molecule has 2 rings (SSSR count). The summed E-state index contributed by atoms with van der Waals surface area (Å²) in [5.41, 5.74) is 11.2. The van der Waals surface area contributed by atoms with Gasteiger partial charge in [-0.2, -0.15) is 0 Å². The molecule has 0 aromatic heterocycles. The zero-order valence-electron chi connectivity index (χ0n) is 11.7. The molecular weight excluding hydrogens is 226 g/mol. The number of piperidine rings is 1. The third-order valence-corrected chi connectivity index (χ3v) is 4.70. The van der Waals surface area contributed by atoms with Crippen molar-refractivity contribution in [3.63, 3.8) is 0 Å². The van der Waals surface area contributed by atoms with Crippen molar-refractivity contribution < 1.29 is 4.79 Å². The van der Waals surface area contributed by atoms with E-state index >= 15 is 0 Å². The molecule has 1 saturated heterocycles. The molecule has 1 aliphatic heterocycles. The molecule has 104 valence electrons. The molecule has 4 nitrogen and oxygen atoms in total. The Labute approximate surface area is 110 Å². The van der Waals surface area contributed by atoms with Gasteiger partial charge in [0.05, 0.1) is 5.54 Å². The monoisotopic (exact) mass is 253 g/mol. The zero-order valence-corrected chi connectivity index (χ0v) is 11.7. The summed E-state index contributed by atoms with van der Waals surface area (Å²) in [5, 5.41) is 0. The minimum atomic E-state index is -0.773. The number of primary amides is 1. The quantitative estimate of drug-likeness (QED) is 0.777. The number of nitrogens with zero attached hydrogens (tertiary/aromatic N) is 1. The highest BCUT2D eigenvalue weighted by Crippen LogP contribution is 2.35. The van der Waals surface area contributed by atoms with Gasteiger partial charge < -0.3 is 11.5 Å². The highest BCUT2D eigenvalue weighted by atomic mass is 16.1. The lowest BCUT2D eigenvalue weighted by molar-refractivity contribution is -0.125. The average Bonchev–Trinajstić information content (AvgIpc) is 2.27. The van der Waals surface area contributed by atoms with Crippen LogP contribution in [-0.2, 0) is 4.79 Å². The summed E-state index contributed by atoms with van der Waals surface area (Å²) in [4.78, 5) is 14.0. The summed E-state index contributed by atoms with van der Waals surface area (Å²) in [6, 6.07) is 0.441. The first-order valence-electron chi connectivity index (χ1n) is 7.15. The van der Waals surface area contributed by atoms with E-state index in [0.717, 1.165) is 38.8 Å². The second-order valence-electron chi connectivity index (χ2n) is 7.01. The lowest BCUT2D eigenvalue weighted by Crippen LogP contribution is -2.59. The summed E-state index contributed by atoms with van der Waals surface area (Å²) in [6.07, 6.45) is 6.19. The fourth-order valence-electron chi connectivity index (χ4n) is 3.59. The van der Waals surface area contributed by atoms with Crippen LogP contribution in [0.2, 0.25) is 0 Å². The molecule has 1 amide bonds. The second kappa shape index (κ2) is 4.82. The summed E-state index contributed by atoms with van der Waals surface area (Å²) in [6.45, 7) is 6.91. The number of carbonyl (C=O) groups is 1. The molecule has 18 heavy (non-hydrogen) atoms. The fraction of sp³-hybridized carbons (Fsp3) is 0.929. The van der Waals surface area contributed by atoms with Gasteiger partial charge in [-0.3, -0.25) is 9.69 Å². The molecule has 2 atom stereocenters. The molecule has 2 fully saturated rings. The highest BCUT2D eigenvalue weighted by molar-refractivity contribution is 5.84. The van der Waals surface area contributed by atoms with Gasteiger partial charge in [0, 0.05) is 12.6 Å². The van der Waals surface area contributed by atoms with Crippen LogP contribution in [0, 0.1) is 5.41 Å². The summed E-state index contributed by atoms with van der Waals surface area (Å²) < 4.78 is 0. The van der Waals surface area contributed by atoms with E-state index in [1.165, 1.54) is 12.8 Å². The third kappa shape index (κ3) is 2.86. The number of carbonyl (C=O) groups excluding carboxylic acids is 1. The standard InChI is InChI=1S/C14H27N3O/c1-13(2)6-4-8-17(10-13)11-5-3-7-14(16,9-11)12(15)18/h11H,3-10,16H2,1-2H3,(H2,15,18). The Kier molecular flexibility index (Phi) is 3.70. The molecule has 0 spiro atoms. The fourth-order valence-corrected chi connectivity index (χ4v) is 3.59. The first-order chi connectivity index (χ1) is 8.32. The largest absolute Gasteiger partial charge is 0.368 e. The molecule has 0 bridgehead atoms. The van der Waals surface area contributed by atoms with E-state index in [2.05, 4.69) is 18.7 Å². The maximum Gasteiger partial charge on any atom is 0.237 e. The van der Waals surface area contributed by atoms with Gasteiger partial charge in [0.2, 0.25) is 5.91 Å². The van der Waals surface area contributed by atoms with Gasteiger partial charge in [-0.15, -0.1) is 0 Å². The number of hydrogen-bond acceptors (Lipinski definition) is 3. The predicted molar refractivity (Wildman–Crippen MR) is 73.0 cm³/mol. The van der Waals surface area contributed by atoms with Crippen molar-refractivity contribution in [2.75, 3.05) is 13.1 Å². The molecule has 4 heteroatoms. The van der Waals surface area contributed by atoms with Crippen molar-refractivity contribution >= 4 is 5.91 Å². The van der Waals surface area contributed by atoms with Crippen LogP contribution in [0.25, 0.3) is 0 Å². The molecular formula is C14H27N3O. The van der Waals surface area contributed by atoms with Crippen LogP contribution in [0.3, 0.4) is 0 Å². The molecule has 0 aromatic carbocycles. The molecule has 0 radical (unpaired) electrons. The maximum absolute atomic E-state index is 11.5. The number of likely N-dealkylation sites (tertiary alicyclic amines) is 1. The normalized spacial score (nSPS) is 37.4. The molecule has 1 heterocycles. The average molecular weight is 253 g/mol. The zero-order chi connectivity index (χ0) is 13.4. The molecule has 2 aliphatic rings. The van der Waals surface area contributed by atoms with Crippen molar-refractivity contribution in [2.24, 2.45) is 16.9 Å². The van der Waals surface area contributed by atoms with Gasteiger partial charge >= 0.3 is 0 Å². The number of hydrogen-bond donors (Lipinski definition) is 2. The van der Waals surface area contributed by atoms with Crippen LogP contribution in [0.1, 0.15) is 52.4 Å². The second-order valence-corrected chi connectivity index (χ2v) is 7.01. The van der Waals surface area contributed by atoms with E-state index in [4.69, 9.17) is 11.5 Å². The predicted octanol–water partition coefficient (Wildman–Crippen LogP) is 1.23. The number of rotatable bonds is 2. The lowest BCUT2D eigenvalue weighted by Gasteiger charge is -2.46. The summed E-state index contributed by atoms with van der Waals surface area (Å²) in [5.74, 6) is -0.330. The topological polar surface area (TPSA) is 72.3 Å². The number of amides is 1. The minimum absolute atomic E-state index is 0.330. The Morgan fingerprint density at radius 3 is 2.61 bits per heavy atom. The van der Waals surface area contributed by atoms with Crippen LogP contribution < -0.4 is 11.5 Å². The Hall–Kier alpha value is -0.610. The van der Waals surface area contributed by atoms with E-state index in [1.54, 1.807) is 0 Å². The Morgan fingerprint density at radius 2 is 2.00 bits per heavy atom. The maximum atomic E-state index is 11.5. The van der Waals surface area contributed by atoms with E-state index in [-0.39, 0.29) is 5.91 Å². The van der Waals surface area contributed by atoms with Crippen molar-refractivity contribution in [3.05, 3.63) is 0 Å². The SMILES string of the molecule is CC1(C)CCCN(C2CCCC(N)(C(N)=O)C2)C1. The van der Waals surface area contributed by atoms with Crippen molar-refractivity contribution in [1.82, 2.24) is 4.90 Å². The van der Waals surface area contributed by atoms with Crippen LogP contribution in [0.5, 0.6) is 0 Å². The van der Waals surface area contributed by atoms with Gasteiger partial charge in [-0.1, -0.05) is 13.8 Å². The van der Waals surface area contributed by atoms with Gasteiger partial charge in [-0.05, 0) is 50.5 Å². The van der Waals surface area contributed by atoms with Gasteiger partial charge in [0.25, 0.3) is 0 Å². The van der Waals surface area contributed by atoms with E-state index in [1.807, 2.05) is 0 Å². The van der Waals surface area contributed by atoms with Crippen molar-refractivity contribution in [1.29, 1.82) is 0 Å². The van der Waals surface area contributed by atoms with Crippen molar-refractivity contribution in [3.8, 4) is 0 Å². The lowest BCUT2D eigenvalue weighted by atomic mass is 9.76. The summed E-state index contributed by atoms with van der Waals surface area (Å²) in [7, 11) is 0. The van der Waals surface area contributed by atoms with E-state index in [9.17, 15) is 4.79 Å². The first-order valence-corrected chi connectivity index (χ1v) is 7.15.